The molecule has 1 saturated carbocycles. The Morgan fingerprint density at radius 1 is 1.23 bits per heavy atom. The molecule has 1 saturated heterocycles. The number of carboxylic acid groups (broad SMARTS) is 1. The highest BCUT2D eigenvalue weighted by atomic mass is 16.5. The second kappa shape index (κ2) is 5.72. The van der Waals surface area contributed by atoms with Gasteiger partial charge in [0.25, 0.3) is 5.91 Å². The molecule has 0 unspecified atom stereocenters. The van der Waals surface area contributed by atoms with Crippen LogP contribution in [0.15, 0.2) is 24.3 Å². The molecule has 1 aliphatic heterocycles. The monoisotopic (exact) mass is 302 g/mol. The minimum absolute atomic E-state index is 0.0138. The summed E-state index contributed by atoms with van der Waals surface area (Å²) in [6, 6.07) is 6.23. The van der Waals surface area contributed by atoms with Crippen molar-refractivity contribution >= 4 is 11.9 Å². The molecule has 1 amide bonds. The quantitative estimate of drug-likeness (QED) is 0.824. The zero-order valence-electron chi connectivity index (χ0n) is 12.7. The predicted molar refractivity (Wildman–Crippen MR) is 77.9 cm³/mol. The number of carbonyl (C=O) groups excluding carboxylic acids is 2. The Kier molecular flexibility index (Phi) is 3.91. The van der Waals surface area contributed by atoms with Crippen molar-refractivity contribution in [2.75, 3.05) is 6.61 Å². The summed E-state index contributed by atoms with van der Waals surface area (Å²) in [6.45, 7) is 1.87. The van der Waals surface area contributed by atoms with Gasteiger partial charge in [-0.3, -0.25) is 9.69 Å². The summed E-state index contributed by atoms with van der Waals surface area (Å²) in [7, 11) is 0. The number of hydrogen-bond acceptors (Lipinski definition) is 4. The SMILES string of the molecule is Cc1ccccc1C(=O)N1[C@H](C(=O)[O-])COC12CCCCC2. The lowest BCUT2D eigenvalue weighted by Crippen LogP contribution is -2.57. The molecule has 0 aromatic heterocycles. The molecule has 1 aliphatic carbocycles. The minimum Gasteiger partial charge on any atom is -0.548 e. The predicted octanol–water partition coefficient (Wildman–Crippen LogP) is 1.25. The number of carboxylic acids is 1. The van der Waals surface area contributed by atoms with Crippen LogP contribution in [0.2, 0.25) is 0 Å². The molecule has 1 heterocycles. The molecule has 1 aromatic carbocycles. The largest absolute Gasteiger partial charge is 0.548 e. The highest BCUT2D eigenvalue weighted by molar-refractivity contribution is 5.98. The van der Waals surface area contributed by atoms with E-state index in [1.54, 1.807) is 12.1 Å². The third kappa shape index (κ3) is 2.39. The van der Waals surface area contributed by atoms with Crippen molar-refractivity contribution in [2.24, 2.45) is 0 Å². The van der Waals surface area contributed by atoms with Gasteiger partial charge in [-0.25, -0.2) is 0 Å². The van der Waals surface area contributed by atoms with E-state index in [9.17, 15) is 14.7 Å². The molecule has 0 N–H and O–H groups in total. The fourth-order valence-corrected chi connectivity index (χ4v) is 3.59. The molecule has 5 nitrogen and oxygen atoms in total. The maximum Gasteiger partial charge on any atom is 0.257 e. The van der Waals surface area contributed by atoms with Gasteiger partial charge in [0.1, 0.15) is 5.72 Å². The Labute approximate surface area is 129 Å². The van der Waals surface area contributed by atoms with E-state index in [-0.39, 0.29) is 12.5 Å². The fourth-order valence-electron chi connectivity index (χ4n) is 3.59. The summed E-state index contributed by atoms with van der Waals surface area (Å²) < 4.78 is 5.83. The van der Waals surface area contributed by atoms with Gasteiger partial charge in [-0.1, -0.05) is 24.6 Å². The van der Waals surface area contributed by atoms with E-state index in [0.717, 1.165) is 24.8 Å². The van der Waals surface area contributed by atoms with Gasteiger partial charge in [-0.2, -0.15) is 0 Å². The molecular weight excluding hydrogens is 282 g/mol. The summed E-state index contributed by atoms with van der Waals surface area (Å²) in [5.74, 6) is -1.52. The number of carbonyl (C=O) groups is 2. The van der Waals surface area contributed by atoms with E-state index >= 15 is 0 Å². The van der Waals surface area contributed by atoms with Crippen LogP contribution in [0.5, 0.6) is 0 Å². The summed E-state index contributed by atoms with van der Waals surface area (Å²) in [4.78, 5) is 25.9. The van der Waals surface area contributed by atoms with E-state index in [4.69, 9.17) is 4.74 Å². The molecule has 1 atom stereocenters. The van der Waals surface area contributed by atoms with Gasteiger partial charge in [0, 0.05) is 5.56 Å². The van der Waals surface area contributed by atoms with Crippen LogP contribution in [0.3, 0.4) is 0 Å². The van der Waals surface area contributed by atoms with Gasteiger partial charge in [-0.05, 0) is 44.2 Å². The molecule has 0 bridgehead atoms. The first-order chi connectivity index (χ1) is 10.6. The summed E-state index contributed by atoms with van der Waals surface area (Å²) in [5, 5.41) is 11.5. The highest BCUT2D eigenvalue weighted by Crippen LogP contribution is 2.41. The van der Waals surface area contributed by atoms with Crippen molar-refractivity contribution < 1.29 is 19.4 Å². The average Bonchev–Trinajstić information content (AvgIpc) is 2.87. The van der Waals surface area contributed by atoms with E-state index in [0.29, 0.717) is 18.4 Å². The van der Waals surface area contributed by atoms with Gasteiger partial charge in [0.15, 0.2) is 0 Å². The van der Waals surface area contributed by atoms with Gasteiger partial charge in [0.05, 0.1) is 18.6 Å². The third-order valence-corrected chi connectivity index (χ3v) is 4.76. The Morgan fingerprint density at radius 3 is 2.55 bits per heavy atom. The lowest BCUT2D eigenvalue weighted by molar-refractivity contribution is -0.310. The van der Waals surface area contributed by atoms with Crippen LogP contribution in [0.25, 0.3) is 0 Å². The number of aryl methyl sites for hydroxylation is 1. The number of nitrogens with zero attached hydrogens (tertiary/aromatic N) is 1. The first-order valence-corrected chi connectivity index (χ1v) is 7.79. The van der Waals surface area contributed by atoms with Crippen molar-refractivity contribution in [2.45, 2.75) is 50.8 Å². The number of rotatable bonds is 2. The lowest BCUT2D eigenvalue weighted by atomic mass is 9.89. The molecule has 2 aliphatic rings. The van der Waals surface area contributed by atoms with Gasteiger partial charge < -0.3 is 14.6 Å². The second-order valence-corrected chi connectivity index (χ2v) is 6.14. The van der Waals surface area contributed by atoms with Gasteiger partial charge in [0.2, 0.25) is 0 Å². The highest BCUT2D eigenvalue weighted by Gasteiger charge is 2.51. The summed E-state index contributed by atoms with van der Waals surface area (Å²) in [5.41, 5.74) is 0.592. The number of benzene rings is 1. The van der Waals surface area contributed by atoms with E-state index in [1.165, 1.54) is 4.90 Å². The minimum atomic E-state index is -1.25. The standard InChI is InChI=1S/C17H21NO4/c1-12-7-3-4-8-13(12)15(19)18-14(16(20)21)11-22-17(18)9-5-2-6-10-17/h3-4,7-8,14H,2,5-6,9-11H2,1H3,(H,20,21)/p-1/t14-/m0/s1. The maximum absolute atomic E-state index is 13.0. The van der Waals surface area contributed by atoms with Crippen LogP contribution in [-0.2, 0) is 9.53 Å². The van der Waals surface area contributed by atoms with Crippen molar-refractivity contribution in [3.8, 4) is 0 Å². The van der Waals surface area contributed by atoms with Crippen LogP contribution >= 0.6 is 0 Å². The molecule has 1 aromatic rings. The van der Waals surface area contributed by atoms with E-state index in [2.05, 4.69) is 0 Å². The number of ether oxygens (including phenoxy) is 1. The first-order valence-electron chi connectivity index (χ1n) is 7.79. The molecule has 118 valence electrons. The van der Waals surface area contributed by atoms with Gasteiger partial charge in [-0.15, -0.1) is 0 Å². The lowest BCUT2D eigenvalue weighted by Gasteiger charge is -2.42. The molecule has 22 heavy (non-hydrogen) atoms. The second-order valence-electron chi connectivity index (χ2n) is 6.14. The number of amides is 1. The topological polar surface area (TPSA) is 69.7 Å². The van der Waals surface area contributed by atoms with Crippen LogP contribution in [-0.4, -0.2) is 35.2 Å². The van der Waals surface area contributed by atoms with E-state index < -0.39 is 17.7 Å². The Morgan fingerprint density at radius 2 is 1.91 bits per heavy atom. The fraction of sp³-hybridized carbons (Fsp3) is 0.529. The Balaban J connectivity index is 2.00. The van der Waals surface area contributed by atoms with Crippen LogP contribution in [0.4, 0.5) is 0 Å². The summed E-state index contributed by atoms with van der Waals surface area (Å²) in [6.07, 6.45) is 4.35. The van der Waals surface area contributed by atoms with Crippen molar-refractivity contribution in [3.63, 3.8) is 0 Å². The molecule has 0 radical (unpaired) electrons. The maximum atomic E-state index is 13.0. The number of aliphatic carboxylic acids is 1. The normalized spacial score (nSPS) is 23.7. The van der Waals surface area contributed by atoms with Crippen LogP contribution in [0.1, 0.15) is 48.0 Å². The zero-order chi connectivity index (χ0) is 15.7. The van der Waals surface area contributed by atoms with E-state index in [1.807, 2.05) is 19.1 Å². The van der Waals surface area contributed by atoms with Crippen molar-refractivity contribution in [3.05, 3.63) is 35.4 Å². The Hall–Kier alpha value is -1.88. The Bertz CT molecular complexity index is 592. The smallest absolute Gasteiger partial charge is 0.257 e. The van der Waals surface area contributed by atoms with Crippen molar-refractivity contribution in [1.82, 2.24) is 4.90 Å². The average molecular weight is 302 g/mol. The van der Waals surface area contributed by atoms with Crippen molar-refractivity contribution in [1.29, 1.82) is 0 Å². The zero-order valence-corrected chi connectivity index (χ0v) is 12.7. The summed E-state index contributed by atoms with van der Waals surface area (Å²) >= 11 is 0. The third-order valence-electron chi connectivity index (χ3n) is 4.76. The first kappa shape index (κ1) is 15.0. The molecule has 1 spiro atoms. The molecule has 2 fully saturated rings. The molecule has 5 heteroatoms. The van der Waals surface area contributed by atoms with Crippen LogP contribution < -0.4 is 5.11 Å². The van der Waals surface area contributed by atoms with Gasteiger partial charge >= 0.3 is 0 Å². The molecular formula is C17H20NO4-. The van der Waals surface area contributed by atoms with Crippen LogP contribution in [0, 0.1) is 6.92 Å². The molecule has 3 rings (SSSR count). The number of hydrogen-bond donors (Lipinski definition) is 0.